The van der Waals surface area contributed by atoms with E-state index in [9.17, 15) is 14.7 Å². The quantitative estimate of drug-likeness (QED) is 0.755. The Kier molecular flexibility index (Phi) is 4.28. The van der Waals surface area contributed by atoms with Crippen molar-refractivity contribution < 1.29 is 14.7 Å². The van der Waals surface area contributed by atoms with E-state index in [-0.39, 0.29) is 11.7 Å². The van der Waals surface area contributed by atoms with E-state index in [1.165, 1.54) is 6.92 Å². The Morgan fingerprint density at radius 2 is 2.04 bits per heavy atom. The number of amides is 1. The zero-order valence-corrected chi connectivity index (χ0v) is 14.1. The molecule has 0 bridgehead atoms. The van der Waals surface area contributed by atoms with Crippen LogP contribution in [0.4, 0.5) is 0 Å². The van der Waals surface area contributed by atoms with Gasteiger partial charge in [-0.3, -0.25) is 9.59 Å². The number of fused-ring (bicyclic) bond motifs is 1. The van der Waals surface area contributed by atoms with Gasteiger partial charge in [0.2, 0.25) is 0 Å². The molecule has 0 radical (unpaired) electrons. The zero-order valence-electron chi connectivity index (χ0n) is 14.1. The molecule has 3 rings (SSSR count). The van der Waals surface area contributed by atoms with Crippen LogP contribution in [0, 0.1) is 6.92 Å². The van der Waals surface area contributed by atoms with Crippen molar-refractivity contribution in [2.24, 2.45) is 0 Å². The predicted molar refractivity (Wildman–Crippen MR) is 91.3 cm³/mol. The molecule has 0 unspecified atom stereocenters. The first-order valence-corrected chi connectivity index (χ1v) is 8.23. The van der Waals surface area contributed by atoms with Gasteiger partial charge in [-0.15, -0.1) is 0 Å². The van der Waals surface area contributed by atoms with Gasteiger partial charge in [0.25, 0.3) is 5.91 Å². The molecular formula is C19H22N2O3. The van der Waals surface area contributed by atoms with Crippen molar-refractivity contribution in [3.63, 3.8) is 0 Å². The maximum absolute atomic E-state index is 12.8. The number of aliphatic hydroxyl groups is 1. The minimum Gasteiger partial charge on any atom is -0.390 e. The molecule has 0 spiro atoms. The summed E-state index contributed by atoms with van der Waals surface area (Å²) in [5.41, 5.74) is 4.45. The van der Waals surface area contributed by atoms with Gasteiger partial charge >= 0.3 is 0 Å². The molecule has 1 aliphatic rings. The molecular weight excluding hydrogens is 304 g/mol. The highest BCUT2D eigenvalue weighted by atomic mass is 16.3. The fourth-order valence-electron chi connectivity index (χ4n) is 3.66. The number of ketones is 1. The molecule has 0 fully saturated rings. The van der Waals surface area contributed by atoms with Gasteiger partial charge in [0.1, 0.15) is 5.69 Å². The Bertz CT molecular complexity index is 807. The topological polar surface area (TPSA) is 82.2 Å². The first kappa shape index (κ1) is 16.5. The SMILES string of the molecule is CCc1c(C(=O)N[C@H]2c3ccccc3C[C@H]2O)[nH]c(C)c1C(C)=O. The second kappa shape index (κ2) is 6.24. The van der Waals surface area contributed by atoms with Crippen LogP contribution in [0.3, 0.4) is 0 Å². The fourth-order valence-corrected chi connectivity index (χ4v) is 3.66. The Labute approximate surface area is 141 Å². The largest absolute Gasteiger partial charge is 0.390 e. The number of carbonyl (C=O) groups is 2. The molecule has 1 amide bonds. The van der Waals surface area contributed by atoms with Gasteiger partial charge in [-0.1, -0.05) is 31.2 Å². The lowest BCUT2D eigenvalue weighted by molar-refractivity contribution is 0.0853. The molecule has 1 heterocycles. The highest BCUT2D eigenvalue weighted by molar-refractivity contribution is 6.02. The van der Waals surface area contributed by atoms with E-state index < -0.39 is 12.1 Å². The van der Waals surface area contributed by atoms with Gasteiger partial charge in [-0.2, -0.15) is 0 Å². The summed E-state index contributed by atoms with van der Waals surface area (Å²) in [6.07, 6.45) is 0.482. The summed E-state index contributed by atoms with van der Waals surface area (Å²) in [4.78, 5) is 27.7. The van der Waals surface area contributed by atoms with Gasteiger partial charge in [-0.05, 0) is 37.0 Å². The molecule has 126 valence electrons. The van der Waals surface area contributed by atoms with E-state index in [0.29, 0.717) is 29.8 Å². The molecule has 3 N–H and O–H groups in total. The number of nitrogens with one attached hydrogen (secondary N) is 2. The second-order valence-corrected chi connectivity index (χ2v) is 6.31. The van der Waals surface area contributed by atoms with E-state index in [2.05, 4.69) is 10.3 Å². The van der Waals surface area contributed by atoms with Crippen molar-refractivity contribution in [3.8, 4) is 0 Å². The van der Waals surface area contributed by atoms with E-state index in [1.807, 2.05) is 31.2 Å². The third kappa shape index (κ3) is 2.65. The first-order valence-electron chi connectivity index (χ1n) is 8.23. The summed E-state index contributed by atoms with van der Waals surface area (Å²) in [5, 5.41) is 13.2. The second-order valence-electron chi connectivity index (χ2n) is 6.31. The molecule has 0 saturated heterocycles. The monoisotopic (exact) mass is 326 g/mol. The summed E-state index contributed by atoms with van der Waals surface area (Å²) in [5.74, 6) is -0.339. The lowest BCUT2D eigenvalue weighted by atomic mass is 10.0. The van der Waals surface area contributed by atoms with Crippen LogP contribution in [0.5, 0.6) is 0 Å². The Balaban J connectivity index is 1.91. The normalized spacial score (nSPS) is 19.2. The van der Waals surface area contributed by atoms with Crippen LogP contribution < -0.4 is 5.32 Å². The standard InChI is InChI=1S/C19H22N2O3/c1-4-13-16(11(3)22)10(2)20-18(13)19(24)21-17-14-8-6-5-7-12(14)9-15(17)23/h5-8,15,17,20,23H,4,9H2,1-3H3,(H,21,24)/t15-,17+/m1/s1. The molecule has 1 aromatic carbocycles. The number of aromatic amines is 1. The van der Waals surface area contributed by atoms with Gasteiger partial charge in [0.15, 0.2) is 5.78 Å². The van der Waals surface area contributed by atoms with Crippen molar-refractivity contribution in [1.29, 1.82) is 0 Å². The molecule has 5 heteroatoms. The minimum atomic E-state index is -0.639. The summed E-state index contributed by atoms with van der Waals surface area (Å²) < 4.78 is 0. The lowest BCUT2D eigenvalue weighted by Crippen LogP contribution is -2.34. The highest BCUT2D eigenvalue weighted by Crippen LogP contribution is 2.32. The van der Waals surface area contributed by atoms with Crippen LogP contribution in [0.2, 0.25) is 0 Å². The van der Waals surface area contributed by atoms with Crippen molar-refractivity contribution in [2.75, 3.05) is 0 Å². The minimum absolute atomic E-state index is 0.0501. The van der Waals surface area contributed by atoms with Crippen LogP contribution in [-0.2, 0) is 12.8 Å². The number of carbonyl (C=O) groups excluding carboxylic acids is 2. The number of aryl methyl sites for hydroxylation is 1. The van der Waals surface area contributed by atoms with Crippen molar-refractivity contribution in [3.05, 3.63) is 57.9 Å². The molecule has 1 aliphatic carbocycles. The molecule has 5 nitrogen and oxygen atoms in total. The number of rotatable bonds is 4. The molecule has 1 aromatic heterocycles. The number of aromatic nitrogens is 1. The highest BCUT2D eigenvalue weighted by Gasteiger charge is 2.33. The number of aliphatic hydroxyl groups excluding tert-OH is 1. The lowest BCUT2D eigenvalue weighted by Gasteiger charge is -2.18. The van der Waals surface area contributed by atoms with E-state index >= 15 is 0 Å². The summed E-state index contributed by atoms with van der Waals surface area (Å²) >= 11 is 0. The maximum atomic E-state index is 12.8. The number of H-pyrrole nitrogens is 1. The van der Waals surface area contributed by atoms with Gasteiger partial charge in [0.05, 0.1) is 12.1 Å². The number of Topliss-reactive ketones (excluding diaryl/α,β-unsaturated/α-hetero) is 1. The number of hydrogen-bond donors (Lipinski definition) is 3. The molecule has 0 saturated carbocycles. The Morgan fingerprint density at radius 1 is 1.33 bits per heavy atom. The smallest absolute Gasteiger partial charge is 0.268 e. The molecule has 0 aliphatic heterocycles. The summed E-state index contributed by atoms with van der Waals surface area (Å²) in [6.45, 7) is 5.23. The maximum Gasteiger partial charge on any atom is 0.268 e. The van der Waals surface area contributed by atoms with E-state index in [1.54, 1.807) is 6.92 Å². The van der Waals surface area contributed by atoms with E-state index in [0.717, 1.165) is 16.7 Å². The third-order valence-electron chi connectivity index (χ3n) is 4.71. The van der Waals surface area contributed by atoms with Crippen molar-refractivity contribution in [2.45, 2.75) is 45.8 Å². The van der Waals surface area contributed by atoms with Crippen LogP contribution >= 0.6 is 0 Å². The van der Waals surface area contributed by atoms with Gasteiger partial charge in [-0.25, -0.2) is 0 Å². The average molecular weight is 326 g/mol. The fraction of sp³-hybridized carbons (Fsp3) is 0.368. The molecule has 24 heavy (non-hydrogen) atoms. The Hall–Kier alpha value is -2.40. The van der Waals surface area contributed by atoms with Gasteiger partial charge in [0, 0.05) is 17.7 Å². The average Bonchev–Trinajstić information content (AvgIpc) is 3.04. The van der Waals surface area contributed by atoms with Crippen LogP contribution in [0.1, 0.15) is 63.1 Å². The number of benzene rings is 1. The predicted octanol–water partition coefficient (Wildman–Crippen LogP) is 2.48. The van der Waals surface area contributed by atoms with Crippen molar-refractivity contribution >= 4 is 11.7 Å². The van der Waals surface area contributed by atoms with E-state index in [4.69, 9.17) is 0 Å². The molecule has 2 atom stereocenters. The van der Waals surface area contributed by atoms with Crippen molar-refractivity contribution in [1.82, 2.24) is 10.3 Å². The zero-order chi connectivity index (χ0) is 17.4. The summed E-state index contributed by atoms with van der Waals surface area (Å²) in [7, 11) is 0. The number of hydrogen-bond acceptors (Lipinski definition) is 3. The van der Waals surface area contributed by atoms with Crippen LogP contribution in [-0.4, -0.2) is 27.9 Å². The third-order valence-corrected chi connectivity index (χ3v) is 4.71. The first-order chi connectivity index (χ1) is 11.4. The van der Waals surface area contributed by atoms with Crippen LogP contribution in [0.25, 0.3) is 0 Å². The van der Waals surface area contributed by atoms with Gasteiger partial charge < -0.3 is 15.4 Å². The molecule has 2 aromatic rings. The van der Waals surface area contributed by atoms with Crippen LogP contribution in [0.15, 0.2) is 24.3 Å². The summed E-state index contributed by atoms with van der Waals surface area (Å²) in [6, 6.07) is 7.30. The Morgan fingerprint density at radius 3 is 2.71 bits per heavy atom.